The van der Waals surface area contributed by atoms with Gasteiger partial charge in [-0.1, -0.05) is 0 Å². The molecule has 0 aliphatic rings. The number of rotatable bonds is 5. The van der Waals surface area contributed by atoms with Crippen molar-refractivity contribution in [2.24, 2.45) is 0 Å². The van der Waals surface area contributed by atoms with Crippen molar-refractivity contribution in [3.05, 3.63) is 45.0 Å². The number of aryl methyl sites for hydroxylation is 2. The fourth-order valence-electron chi connectivity index (χ4n) is 2.02. The Morgan fingerprint density at radius 1 is 1.36 bits per heavy atom. The molecule has 0 bridgehead atoms. The Morgan fingerprint density at radius 2 is 2.23 bits per heavy atom. The summed E-state index contributed by atoms with van der Waals surface area (Å²) in [6.45, 7) is 4.42. The molecule has 0 saturated carbocycles. The molecular formula is C15H15N3O2S2. The summed E-state index contributed by atoms with van der Waals surface area (Å²) in [5.41, 5.74) is 1.47. The summed E-state index contributed by atoms with van der Waals surface area (Å²) in [6, 6.07) is 3.65. The van der Waals surface area contributed by atoms with Crippen molar-refractivity contribution in [2.75, 3.05) is 6.54 Å². The third-order valence-electron chi connectivity index (χ3n) is 3.08. The van der Waals surface area contributed by atoms with Gasteiger partial charge in [-0.2, -0.15) is 0 Å². The van der Waals surface area contributed by atoms with Crippen molar-refractivity contribution in [1.29, 1.82) is 0 Å². The first-order valence-electron chi connectivity index (χ1n) is 6.84. The largest absolute Gasteiger partial charge is 0.462 e. The van der Waals surface area contributed by atoms with Gasteiger partial charge in [0.1, 0.15) is 5.69 Å². The van der Waals surface area contributed by atoms with E-state index in [1.165, 1.54) is 11.3 Å². The molecule has 0 aromatic carbocycles. The highest BCUT2D eigenvalue weighted by Gasteiger charge is 2.17. The van der Waals surface area contributed by atoms with Crippen LogP contribution in [0.15, 0.2) is 28.2 Å². The number of nitrogens with zero attached hydrogens (tertiary/aromatic N) is 2. The van der Waals surface area contributed by atoms with Crippen LogP contribution in [-0.2, 0) is 6.42 Å². The van der Waals surface area contributed by atoms with Gasteiger partial charge in [-0.25, -0.2) is 9.97 Å². The van der Waals surface area contributed by atoms with Gasteiger partial charge in [-0.05, 0) is 26.0 Å². The monoisotopic (exact) mass is 333 g/mol. The van der Waals surface area contributed by atoms with E-state index in [0.29, 0.717) is 18.0 Å². The first-order chi connectivity index (χ1) is 10.6. The zero-order valence-electron chi connectivity index (χ0n) is 12.3. The highest BCUT2D eigenvalue weighted by molar-refractivity contribution is 7.15. The number of carbonyl (C=O) groups excluding carboxylic acids is 1. The summed E-state index contributed by atoms with van der Waals surface area (Å²) < 4.78 is 5.32. The molecule has 0 saturated heterocycles. The zero-order chi connectivity index (χ0) is 15.5. The van der Waals surface area contributed by atoms with Crippen LogP contribution in [-0.4, -0.2) is 22.4 Å². The summed E-state index contributed by atoms with van der Waals surface area (Å²) in [6.07, 6.45) is 2.33. The third-order valence-corrected chi connectivity index (χ3v) is 4.88. The molecule has 0 aliphatic carbocycles. The number of amides is 1. The molecule has 0 spiro atoms. The summed E-state index contributed by atoms with van der Waals surface area (Å²) >= 11 is 3.08. The predicted octanol–water partition coefficient (Wildman–Crippen LogP) is 3.45. The van der Waals surface area contributed by atoms with Crippen LogP contribution in [0.4, 0.5) is 0 Å². The normalized spacial score (nSPS) is 10.8. The predicted molar refractivity (Wildman–Crippen MR) is 87.4 cm³/mol. The lowest BCUT2D eigenvalue weighted by Crippen LogP contribution is -2.26. The maximum atomic E-state index is 12.2. The topological polar surface area (TPSA) is 68.0 Å². The molecule has 1 N–H and O–H groups in total. The minimum atomic E-state index is -0.154. The van der Waals surface area contributed by atoms with Gasteiger partial charge in [0.05, 0.1) is 17.0 Å². The van der Waals surface area contributed by atoms with Gasteiger partial charge in [-0.3, -0.25) is 4.79 Å². The fourth-order valence-corrected chi connectivity index (χ4v) is 3.55. The molecule has 3 heterocycles. The zero-order valence-corrected chi connectivity index (χ0v) is 13.9. The minimum Gasteiger partial charge on any atom is -0.462 e. The van der Waals surface area contributed by atoms with Gasteiger partial charge in [0.15, 0.2) is 10.8 Å². The lowest BCUT2D eigenvalue weighted by atomic mass is 10.3. The van der Waals surface area contributed by atoms with Crippen LogP contribution in [0.5, 0.6) is 0 Å². The number of hydrogen-bond donors (Lipinski definition) is 1. The van der Waals surface area contributed by atoms with E-state index in [1.54, 1.807) is 17.6 Å². The first kappa shape index (κ1) is 14.9. The molecule has 0 aliphatic heterocycles. The van der Waals surface area contributed by atoms with E-state index in [-0.39, 0.29) is 5.91 Å². The fraction of sp³-hybridized carbons (Fsp3) is 0.267. The second-order valence-electron chi connectivity index (χ2n) is 4.76. The highest BCUT2D eigenvalue weighted by atomic mass is 32.1. The Morgan fingerprint density at radius 3 is 2.91 bits per heavy atom. The SMILES string of the molecule is Cc1nc(CCNC(=O)c2nc(-c3ccco3)sc2C)cs1. The van der Waals surface area contributed by atoms with Gasteiger partial charge in [0, 0.05) is 23.2 Å². The molecular weight excluding hydrogens is 318 g/mol. The van der Waals surface area contributed by atoms with E-state index in [4.69, 9.17) is 4.42 Å². The van der Waals surface area contributed by atoms with Gasteiger partial charge >= 0.3 is 0 Å². The average Bonchev–Trinajstić information content (AvgIpc) is 3.19. The van der Waals surface area contributed by atoms with E-state index in [2.05, 4.69) is 15.3 Å². The Balaban J connectivity index is 1.62. The molecule has 0 fully saturated rings. The third kappa shape index (κ3) is 3.26. The molecule has 22 heavy (non-hydrogen) atoms. The molecule has 7 heteroatoms. The molecule has 0 unspecified atom stereocenters. The molecule has 3 rings (SSSR count). The van der Waals surface area contributed by atoms with E-state index in [0.717, 1.165) is 27.0 Å². The Bertz CT molecular complexity index is 775. The van der Waals surface area contributed by atoms with Crippen LogP contribution in [0.3, 0.4) is 0 Å². The Labute approximate surface area is 136 Å². The van der Waals surface area contributed by atoms with Gasteiger partial charge in [0.2, 0.25) is 0 Å². The number of carbonyl (C=O) groups is 1. The maximum absolute atomic E-state index is 12.2. The highest BCUT2D eigenvalue weighted by Crippen LogP contribution is 2.27. The van der Waals surface area contributed by atoms with Gasteiger partial charge in [-0.15, -0.1) is 22.7 Å². The van der Waals surface area contributed by atoms with Crippen LogP contribution >= 0.6 is 22.7 Å². The summed E-state index contributed by atoms with van der Waals surface area (Å²) in [5, 5.41) is 6.68. The van der Waals surface area contributed by atoms with Gasteiger partial charge in [0.25, 0.3) is 5.91 Å². The average molecular weight is 333 g/mol. The lowest BCUT2D eigenvalue weighted by Gasteiger charge is -2.02. The molecule has 3 aromatic heterocycles. The van der Waals surface area contributed by atoms with Crippen LogP contribution < -0.4 is 5.32 Å². The Kier molecular flexibility index (Phi) is 4.35. The van der Waals surface area contributed by atoms with Crippen LogP contribution in [0.25, 0.3) is 10.8 Å². The van der Waals surface area contributed by atoms with Crippen molar-refractivity contribution in [3.63, 3.8) is 0 Å². The van der Waals surface area contributed by atoms with Gasteiger partial charge < -0.3 is 9.73 Å². The second kappa shape index (κ2) is 6.41. The first-order valence-corrected chi connectivity index (χ1v) is 8.53. The molecule has 5 nitrogen and oxygen atoms in total. The number of aromatic nitrogens is 2. The van der Waals surface area contributed by atoms with Crippen molar-refractivity contribution in [1.82, 2.24) is 15.3 Å². The molecule has 1 amide bonds. The van der Waals surface area contributed by atoms with Crippen molar-refractivity contribution in [2.45, 2.75) is 20.3 Å². The maximum Gasteiger partial charge on any atom is 0.271 e. The number of hydrogen-bond acceptors (Lipinski definition) is 6. The van der Waals surface area contributed by atoms with Crippen molar-refractivity contribution >= 4 is 28.6 Å². The van der Waals surface area contributed by atoms with E-state index in [9.17, 15) is 4.79 Å². The summed E-state index contributed by atoms with van der Waals surface area (Å²) in [4.78, 5) is 21.9. The standard InChI is InChI=1S/C15H15N3O2S2/c1-9-13(18-15(22-9)12-4-3-7-20-12)14(19)16-6-5-11-8-21-10(2)17-11/h3-4,7-8H,5-6H2,1-2H3,(H,16,19). The second-order valence-corrected chi connectivity index (χ2v) is 7.03. The quantitative estimate of drug-likeness (QED) is 0.776. The summed E-state index contributed by atoms with van der Waals surface area (Å²) in [5.74, 6) is 0.531. The van der Waals surface area contributed by atoms with Crippen molar-refractivity contribution in [3.8, 4) is 10.8 Å². The lowest BCUT2D eigenvalue weighted by molar-refractivity contribution is 0.0949. The minimum absolute atomic E-state index is 0.154. The van der Waals surface area contributed by atoms with E-state index >= 15 is 0 Å². The van der Waals surface area contributed by atoms with Crippen molar-refractivity contribution < 1.29 is 9.21 Å². The summed E-state index contributed by atoms with van der Waals surface area (Å²) in [7, 11) is 0. The smallest absolute Gasteiger partial charge is 0.271 e. The van der Waals surface area contributed by atoms with Crippen LogP contribution in [0.2, 0.25) is 0 Å². The molecule has 0 radical (unpaired) electrons. The molecule has 114 valence electrons. The molecule has 0 atom stereocenters. The Hall–Kier alpha value is -1.99. The van der Waals surface area contributed by atoms with Crippen LogP contribution in [0, 0.1) is 13.8 Å². The van der Waals surface area contributed by atoms with Crippen LogP contribution in [0.1, 0.15) is 26.1 Å². The number of thiazole rings is 2. The van der Waals surface area contributed by atoms with E-state index in [1.807, 2.05) is 31.4 Å². The number of furan rings is 1. The number of nitrogens with one attached hydrogen (secondary N) is 1. The van der Waals surface area contributed by atoms with E-state index < -0.39 is 0 Å². The molecule has 3 aromatic rings.